The van der Waals surface area contributed by atoms with Gasteiger partial charge in [-0.3, -0.25) is 0 Å². The lowest BCUT2D eigenvalue weighted by molar-refractivity contribution is 0.126. The van der Waals surface area contributed by atoms with Crippen LogP contribution in [0.5, 0.6) is 0 Å². The number of para-hydroxylation sites is 1. The molecule has 0 heterocycles. The Balaban J connectivity index is 2.99. The van der Waals surface area contributed by atoms with Crippen LogP contribution in [0, 0.1) is 17.1 Å². The van der Waals surface area contributed by atoms with E-state index in [2.05, 4.69) is 56.6 Å². The summed E-state index contributed by atoms with van der Waals surface area (Å²) in [6.45, 7) is 13.4. The van der Waals surface area contributed by atoms with Gasteiger partial charge in [0.25, 0.3) is 5.90 Å². The van der Waals surface area contributed by atoms with E-state index in [9.17, 15) is 0 Å². The van der Waals surface area contributed by atoms with Gasteiger partial charge in [0.05, 0.1) is 5.69 Å². The highest BCUT2D eigenvalue weighted by Gasteiger charge is 2.17. The zero-order valence-corrected chi connectivity index (χ0v) is 17.0. The average Bonchev–Trinajstić information content (AvgIpc) is 2.51. The number of rotatable bonds is 6. The zero-order valence-electron chi connectivity index (χ0n) is 15.2. The van der Waals surface area contributed by atoms with E-state index in [-0.39, 0.29) is 6.10 Å². The molecule has 2 unspecified atom stereocenters. The molecule has 0 bridgehead atoms. The number of hydrogen-bond acceptors (Lipinski definition) is 3. The molecule has 1 aromatic carbocycles. The van der Waals surface area contributed by atoms with Crippen LogP contribution in [0.25, 0.3) is 0 Å². The van der Waals surface area contributed by atoms with E-state index in [1.54, 1.807) is 11.2 Å². The van der Waals surface area contributed by atoms with Crippen LogP contribution < -0.4 is 0 Å². The molecular weight excluding hydrogens is 318 g/mol. The molecule has 4 heteroatoms. The van der Waals surface area contributed by atoms with E-state index in [0.29, 0.717) is 11.8 Å². The summed E-state index contributed by atoms with van der Waals surface area (Å²) in [6.07, 6.45) is 2.22. The highest BCUT2D eigenvalue weighted by Crippen LogP contribution is 2.19. The molecule has 0 spiro atoms. The van der Waals surface area contributed by atoms with Crippen molar-refractivity contribution in [3.05, 3.63) is 30.3 Å². The molecule has 0 radical (unpaired) electrons. The molecule has 0 N–H and O–H groups in total. The van der Waals surface area contributed by atoms with Gasteiger partial charge in [0.15, 0.2) is 0 Å². The molecule has 1 rings (SSSR count). The Hall–Kier alpha value is -1.18. The molecule has 0 aromatic heterocycles. The first-order chi connectivity index (χ1) is 10.9. The molecule has 0 amide bonds. The molecule has 0 saturated carbocycles. The first-order valence-corrected chi connectivity index (χ1v) is 13.4. The third kappa shape index (κ3) is 8.29. The molecule has 0 aliphatic carbocycles. The van der Waals surface area contributed by atoms with Crippen molar-refractivity contribution >= 4 is 30.0 Å². The minimum atomic E-state index is -1.26. The molecule has 0 aliphatic rings. The molecule has 2 nitrogen and oxygen atoms in total. The fraction of sp³-hybridized carbons (Fsp3) is 0.526. The van der Waals surface area contributed by atoms with Crippen molar-refractivity contribution in [2.45, 2.75) is 59.4 Å². The summed E-state index contributed by atoms with van der Waals surface area (Å²) in [7, 11) is -1.26. The minimum absolute atomic E-state index is 0.161. The molecule has 1 aromatic rings. The largest absolute Gasteiger partial charge is 0.468 e. The highest BCUT2D eigenvalue weighted by molar-refractivity contribution is 8.32. The Morgan fingerprint density at radius 3 is 2.35 bits per heavy atom. The summed E-state index contributed by atoms with van der Waals surface area (Å²) in [6, 6.07) is 9.89. The van der Waals surface area contributed by atoms with Gasteiger partial charge >= 0.3 is 0 Å². The van der Waals surface area contributed by atoms with Crippen LogP contribution in [0.15, 0.2) is 35.3 Å². The maximum Gasteiger partial charge on any atom is 0.269 e. The normalized spacial score (nSPS) is 14.6. The lowest BCUT2D eigenvalue weighted by atomic mass is 10.00. The average molecular weight is 348 g/mol. The Morgan fingerprint density at radius 1 is 1.17 bits per heavy atom. The summed E-state index contributed by atoms with van der Waals surface area (Å²) >= 11 is 1.74. The Morgan fingerprint density at radius 2 is 1.83 bits per heavy atom. The van der Waals surface area contributed by atoms with Crippen molar-refractivity contribution in [3.63, 3.8) is 0 Å². The molecule has 0 fully saturated rings. The zero-order chi connectivity index (χ0) is 17.3. The van der Waals surface area contributed by atoms with Crippen LogP contribution >= 0.6 is 11.2 Å². The van der Waals surface area contributed by atoms with E-state index in [1.165, 1.54) is 0 Å². The van der Waals surface area contributed by atoms with E-state index < -0.39 is 7.22 Å². The summed E-state index contributed by atoms with van der Waals surface area (Å²) in [4.78, 5) is 4.61. The predicted molar refractivity (Wildman–Crippen MR) is 107 cm³/mol. The summed E-state index contributed by atoms with van der Waals surface area (Å²) < 4.78 is 6.15. The fourth-order valence-corrected chi connectivity index (χ4v) is 3.45. The number of benzene rings is 1. The molecular formula is C19H29NOSSi. The Kier molecular flexibility index (Phi) is 8.50. The second-order valence-corrected chi connectivity index (χ2v) is 15.6. The van der Waals surface area contributed by atoms with Crippen molar-refractivity contribution in [2.75, 3.05) is 0 Å². The van der Waals surface area contributed by atoms with Gasteiger partial charge in [0.1, 0.15) is 13.3 Å². The van der Waals surface area contributed by atoms with E-state index in [4.69, 9.17) is 4.74 Å². The number of ether oxygens (including phenoxy) is 1. The van der Waals surface area contributed by atoms with E-state index in [1.807, 2.05) is 30.3 Å². The van der Waals surface area contributed by atoms with Gasteiger partial charge in [-0.1, -0.05) is 65.0 Å². The van der Waals surface area contributed by atoms with E-state index >= 15 is 0 Å². The highest BCUT2D eigenvalue weighted by atomic mass is 32.4. The fourth-order valence-electron chi connectivity index (χ4n) is 1.93. The van der Waals surface area contributed by atoms with Crippen LogP contribution in [-0.4, -0.2) is 19.2 Å². The molecule has 23 heavy (non-hydrogen) atoms. The third-order valence-corrected chi connectivity index (χ3v) is 6.41. The number of hydrogen-bond donors (Lipinski definition) is 0. The van der Waals surface area contributed by atoms with Gasteiger partial charge in [0, 0.05) is 5.92 Å². The first kappa shape index (κ1) is 19.9. The maximum atomic E-state index is 6.15. The predicted octanol–water partition coefficient (Wildman–Crippen LogP) is 6.09. The van der Waals surface area contributed by atoms with Crippen LogP contribution in [-0.2, 0) is 4.74 Å². The van der Waals surface area contributed by atoms with Gasteiger partial charge in [-0.05, 0) is 29.7 Å². The molecule has 126 valence electrons. The van der Waals surface area contributed by atoms with Crippen molar-refractivity contribution in [3.8, 4) is 11.2 Å². The number of nitrogens with zero attached hydrogens (tertiary/aromatic N) is 1. The number of aliphatic imine (C=N–C) groups is 1. The second-order valence-electron chi connectivity index (χ2n) is 6.64. The smallest absolute Gasteiger partial charge is 0.269 e. The van der Waals surface area contributed by atoms with Crippen molar-refractivity contribution in [2.24, 2.45) is 10.9 Å². The third-order valence-electron chi connectivity index (χ3n) is 3.45. The lowest BCUT2D eigenvalue weighted by Crippen LogP contribution is -2.23. The van der Waals surface area contributed by atoms with Gasteiger partial charge in [-0.15, -0.1) is 11.2 Å². The summed E-state index contributed by atoms with van der Waals surface area (Å²) in [5.74, 6) is 4.17. The van der Waals surface area contributed by atoms with Crippen molar-refractivity contribution in [1.29, 1.82) is 0 Å². The quantitative estimate of drug-likeness (QED) is 0.269. The lowest BCUT2D eigenvalue weighted by Gasteiger charge is -2.22. The molecule has 0 aliphatic heterocycles. The maximum absolute atomic E-state index is 6.15. The van der Waals surface area contributed by atoms with E-state index in [0.717, 1.165) is 18.5 Å². The monoisotopic (exact) mass is 347 g/mol. The summed E-state index contributed by atoms with van der Waals surface area (Å²) in [5, 5.41) is 3.20. The second kappa shape index (κ2) is 9.84. The van der Waals surface area contributed by atoms with Gasteiger partial charge in [-0.2, -0.15) is 0 Å². The van der Waals surface area contributed by atoms with Gasteiger partial charge in [0.2, 0.25) is 0 Å². The minimum Gasteiger partial charge on any atom is -0.468 e. The van der Waals surface area contributed by atoms with Crippen molar-refractivity contribution in [1.82, 2.24) is 0 Å². The standard InChI is InChI=1S/C19H29NOSSi/c1-7-16(3)18(8-2)21-19(14-15-22-23(4,5)6)20-17-12-10-9-11-13-17/h9-13,16,18H,7-8H2,1-6H3. The van der Waals surface area contributed by atoms with Crippen LogP contribution in [0.1, 0.15) is 33.6 Å². The van der Waals surface area contributed by atoms with Crippen LogP contribution in [0.2, 0.25) is 19.6 Å². The Labute approximate surface area is 146 Å². The van der Waals surface area contributed by atoms with Crippen molar-refractivity contribution < 1.29 is 4.74 Å². The topological polar surface area (TPSA) is 21.6 Å². The van der Waals surface area contributed by atoms with Crippen LogP contribution in [0.4, 0.5) is 5.69 Å². The van der Waals surface area contributed by atoms with Gasteiger partial charge < -0.3 is 4.74 Å². The molecule has 2 atom stereocenters. The Bertz CT molecular complexity index is 554. The summed E-state index contributed by atoms with van der Waals surface area (Å²) in [5.41, 5.74) is 0.883. The van der Waals surface area contributed by atoms with Gasteiger partial charge in [-0.25, -0.2) is 4.99 Å². The van der Waals surface area contributed by atoms with Crippen LogP contribution in [0.3, 0.4) is 0 Å². The SMILES string of the molecule is CCC(C)C(CC)OC(C#CS[Si](C)(C)C)=Nc1ccccc1. The molecule has 0 saturated heterocycles. The first-order valence-electron chi connectivity index (χ1n) is 8.35.